The first-order valence-electron chi connectivity index (χ1n) is 10.0. The predicted octanol–water partition coefficient (Wildman–Crippen LogP) is 4.41. The van der Waals surface area contributed by atoms with Gasteiger partial charge < -0.3 is 19.1 Å². The van der Waals surface area contributed by atoms with Gasteiger partial charge in [0, 0.05) is 19.1 Å². The van der Waals surface area contributed by atoms with Crippen LogP contribution in [0.15, 0.2) is 42.5 Å². The number of nitrogens with zero attached hydrogens (tertiary/aromatic N) is 2. The molecule has 1 atom stereocenters. The molecule has 0 amide bonds. The van der Waals surface area contributed by atoms with Crippen molar-refractivity contribution in [2.75, 3.05) is 19.8 Å². The van der Waals surface area contributed by atoms with E-state index in [4.69, 9.17) is 14.5 Å². The van der Waals surface area contributed by atoms with Crippen molar-refractivity contribution >= 4 is 23.4 Å². The first kappa shape index (κ1) is 21.6. The molecule has 2 aromatic carbocycles. The zero-order chi connectivity index (χ0) is 19.5. The molecule has 0 aliphatic carbocycles. The molecule has 1 N–H and O–H groups in total. The fraction of sp³-hybridized carbons (Fsp3) is 0.435. The van der Waals surface area contributed by atoms with Crippen molar-refractivity contribution in [1.29, 1.82) is 0 Å². The maximum absolute atomic E-state index is 10.7. The van der Waals surface area contributed by atoms with E-state index in [1.807, 2.05) is 44.2 Å². The van der Waals surface area contributed by atoms with Crippen LogP contribution in [0.3, 0.4) is 0 Å². The zero-order valence-corrected chi connectivity index (χ0v) is 17.8. The number of aryl methyl sites for hydroxylation is 2. The minimum Gasteiger partial charge on any atom is -0.491 e. The minimum atomic E-state index is -0.614. The summed E-state index contributed by atoms with van der Waals surface area (Å²) in [4.78, 5) is 4.89. The fourth-order valence-electron chi connectivity index (χ4n) is 4.03. The van der Waals surface area contributed by atoms with Gasteiger partial charge in [0.2, 0.25) is 0 Å². The van der Waals surface area contributed by atoms with E-state index in [2.05, 4.69) is 16.7 Å². The number of aliphatic hydroxyl groups is 1. The van der Waals surface area contributed by atoms with E-state index in [0.29, 0.717) is 12.5 Å². The zero-order valence-electron chi connectivity index (χ0n) is 17.0. The molecule has 1 saturated heterocycles. The van der Waals surface area contributed by atoms with Gasteiger partial charge in [-0.05, 0) is 62.1 Å². The molecule has 3 aromatic rings. The van der Waals surface area contributed by atoms with Crippen LogP contribution in [-0.4, -0.2) is 40.6 Å². The maximum atomic E-state index is 10.7. The summed E-state index contributed by atoms with van der Waals surface area (Å²) in [6.07, 6.45) is 1.33. The molecular formula is C23H29ClN2O3. The predicted molar refractivity (Wildman–Crippen MR) is 117 cm³/mol. The van der Waals surface area contributed by atoms with E-state index < -0.39 is 6.10 Å². The molecule has 2 heterocycles. The standard InChI is InChI=1S/C23H28N2O3.ClH/c1-16-11-17(2)13-20(12-16)28-15-19(26)14-25-22-6-4-3-5-21(22)24-23(25)18-7-9-27-10-8-18;/h3-6,11-13,18-19,26H,7-10,14-15H2,1-2H3;1H. The number of ether oxygens (including phenoxy) is 2. The Bertz CT molecular complexity index is 930. The number of fused-ring (bicyclic) bond motifs is 1. The summed E-state index contributed by atoms with van der Waals surface area (Å²) in [5.74, 6) is 2.22. The summed E-state index contributed by atoms with van der Waals surface area (Å²) >= 11 is 0. The molecule has 5 nitrogen and oxygen atoms in total. The average Bonchev–Trinajstić information content (AvgIpc) is 3.05. The first-order valence-corrected chi connectivity index (χ1v) is 10.0. The topological polar surface area (TPSA) is 56.5 Å². The van der Waals surface area contributed by atoms with Gasteiger partial charge in [-0.25, -0.2) is 4.98 Å². The molecule has 0 spiro atoms. The summed E-state index contributed by atoms with van der Waals surface area (Å²) in [6.45, 7) is 6.36. The lowest BCUT2D eigenvalue weighted by atomic mass is 9.99. The third-order valence-corrected chi connectivity index (χ3v) is 5.30. The fourth-order valence-corrected chi connectivity index (χ4v) is 4.03. The summed E-state index contributed by atoms with van der Waals surface area (Å²) < 4.78 is 13.6. The number of halogens is 1. The highest BCUT2D eigenvalue weighted by Crippen LogP contribution is 2.29. The van der Waals surface area contributed by atoms with Crippen LogP contribution in [0.2, 0.25) is 0 Å². The lowest BCUT2D eigenvalue weighted by Gasteiger charge is -2.23. The SMILES string of the molecule is Cc1cc(C)cc(OCC(O)Cn2c(C3CCOCC3)nc3ccccc32)c1.Cl. The van der Waals surface area contributed by atoms with Crippen molar-refractivity contribution in [3.05, 3.63) is 59.4 Å². The van der Waals surface area contributed by atoms with E-state index in [0.717, 1.165) is 59.8 Å². The normalized spacial score (nSPS) is 15.8. The largest absolute Gasteiger partial charge is 0.491 e. The lowest BCUT2D eigenvalue weighted by Crippen LogP contribution is -2.26. The van der Waals surface area contributed by atoms with Crippen LogP contribution in [0.1, 0.15) is 35.7 Å². The van der Waals surface area contributed by atoms with Crippen molar-refractivity contribution in [2.45, 2.75) is 45.3 Å². The van der Waals surface area contributed by atoms with Crippen LogP contribution < -0.4 is 4.74 Å². The molecule has 1 aliphatic heterocycles. The molecule has 0 saturated carbocycles. The second-order valence-electron chi connectivity index (χ2n) is 7.74. The molecule has 0 radical (unpaired) electrons. The van der Waals surface area contributed by atoms with E-state index in [-0.39, 0.29) is 19.0 Å². The van der Waals surface area contributed by atoms with Gasteiger partial charge in [-0.2, -0.15) is 0 Å². The number of rotatable bonds is 6. The highest BCUT2D eigenvalue weighted by atomic mass is 35.5. The van der Waals surface area contributed by atoms with Gasteiger partial charge in [0.15, 0.2) is 0 Å². The van der Waals surface area contributed by atoms with Crippen LogP contribution in [0.4, 0.5) is 0 Å². The van der Waals surface area contributed by atoms with Crippen LogP contribution in [0.5, 0.6) is 5.75 Å². The van der Waals surface area contributed by atoms with Crippen LogP contribution >= 0.6 is 12.4 Å². The lowest BCUT2D eigenvalue weighted by molar-refractivity contribution is 0.0780. The summed E-state index contributed by atoms with van der Waals surface area (Å²) in [7, 11) is 0. The van der Waals surface area contributed by atoms with Crippen LogP contribution in [0, 0.1) is 13.8 Å². The number of aliphatic hydroxyl groups excluding tert-OH is 1. The quantitative estimate of drug-likeness (QED) is 0.646. The van der Waals surface area contributed by atoms with Crippen molar-refractivity contribution in [2.24, 2.45) is 0 Å². The van der Waals surface area contributed by atoms with Gasteiger partial charge >= 0.3 is 0 Å². The van der Waals surface area contributed by atoms with Crippen molar-refractivity contribution in [3.8, 4) is 5.75 Å². The molecule has 29 heavy (non-hydrogen) atoms. The minimum absolute atomic E-state index is 0. The van der Waals surface area contributed by atoms with Crippen molar-refractivity contribution < 1.29 is 14.6 Å². The Labute approximate surface area is 178 Å². The van der Waals surface area contributed by atoms with Gasteiger partial charge in [0.05, 0.1) is 17.6 Å². The summed E-state index contributed by atoms with van der Waals surface area (Å²) in [5, 5.41) is 10.7. The molecule has 6 heteroatoms. The van der Waals surface area contributed by atoms with E-state index in [1.54, 1.807) is 0 Å². The Balaban J connectivity index is 0.00000240. The third kappa shape index (κ3) is 5.10. The van der Waals surface area contributed by atoms with Gasteiger partial charge in [-0.3, -0.25) is 0 Å². The number of hydrogen-bond donors (Lipinski definition) is 1. The molecule has 1 aliphatic rings. The monoisotopic (exact) mass is 416 g/mol. The van der Waals surface area contributed by atoms with Gasteiger partial charge in [-0.15, -0.1) is 12.4 Å². The Morgan fingerprint density at radius 2 is 1.83 bits per heavy atom. The smallest absolute Gasteiger partial charge is 0.119 e. The van der Waals surface area contributed by atoms with Gasteiger partial charge in [-0.1, -0.05) is 18.2 Å². The van der Waals surface area contributed by atoms with Crippen LogP contribution in [0.25, 0.3) is 11.0 Å². The van der Waals surface area contributed by atoms with Gasteiger partial charge in [0.1, 0.15) is 24.3 Å². The summed E-state index contributed by atoms with van der Waals surface area (Å²) in [6, 6.07) is 14.2. The number of benzene rings is 2. The molecule has 156 valence electrons. The second-order valence-corrected chi connectivity index (χ2v) is 7.74. The molecule has 1 unspecified atom stereocenters. The van der Waals surface area contributed by atoms with Gasteiger partial charge in [0.25, 0.3) is 0 Å². The van der Waals surface area contributed by atoms with Crippen molar-refractivity contribution in [3.63, 3.8) is 0 Å². The molecule has 1 fully saturated rings. The average molecular weight is 417 g/mol. The highest BCUT2D eigenvalue weighted by molar-refractivity contribution is 5.85. The Hall–Kier alpha value is -2.08. The highest BCUT2D eigenvalue weighted by Gasteiger charge is 2.24. The Kier molecular flexibility index (Phi) is 7.17. The molecule has 1 aromatic heterocycles. The molecule has 0 bridgehead atoms. The van der Waals surface area contributed by atoms with Crippen LogP contribution in [-0.2, 0) is 11.3 Å². The Morgan fingerprint density at radius 1 is 1.14 bits per heavy atom. The van der Waals surface area contributed by atoms with E-state index in [1.165, 1.54) is 0 Å². The number of imidazole rings is 1. The Morgan fingerprint density at radius 3 is 2.55 bits per heavy atom. The number of hydrogen-bond acceptors (Lipinski definition) is 4. The maximum Gasteiger partial charge on any atom is 0.119 e. The summed E-state index contributed by atoms with van der Waals surface area (Å²) in [5.41, 5.74) is 4.36. The van der Waals surface area contributed by atoms with Crippen molar-refractivity contribution in [1.82, 2.24) is 9.55 Å². The van der Waals surface area contributed by atoms with E-state index in [9.17, 15) is 5.11 Å². The molecular weight excluding hydrogens is 388 g/mol. The first-order chi connectivity index (χ1) is 13.6. The second kappa shape index (κ2) is 9.61. The van der Waals surface area contributed by atoms with E-state index >= 15 is 0 Å². The third-order valence-electron chi connectivity index (χ3n) is 5.30. The number of aromatic nitrogens is 2. The molecule has 4 rings (SSSR count). The number of para-hydroxylation sites is 2.